The molecule has 4 nitrogen and oxygen atoms in total. The first-order valence-electron chi connectivity index (χ1n) is 5.64. The molecule has 1 aliphatic heterocycles. The summed E-state index contributed by atoms with van der Waals surface area (Å²) < 4.78 is 22.5. The first-order chi connectivity index (χ1) is 8.29. The van der Waals surface area contributed by atoms with Crippen LogP contribution in [0, 0.1) is 5.92 Å². The van der Waals surface area contributed by atoms with E-state index in [1.807, 2.05) is 13.8 Å². The van der Waals surface area contributed by atoms with Crippen LogP contribution in [0.5, 0.6) is 0 Å². The van der Waals surface area contributed by atoms with Crippen LogP contribution in [0.1, 0.15) is 25.0 Å². The second-order valence-electron chi connectivity index (χ2n) is 4.72. The molecule has 0 bridgehead atoms. The fourth-order valence-corrected chi connectivity index (χ4v) is 2.85. The van der Waals surface area contributed by atoms with Gasteiger partial charge in [0.05, 0.1) is 4.90 Å². The highest BCUT2D eigenvalue weighted by molar-refractivity contribution is 8.13. The lowest BCUT2D eigenvalue weighted by Gasteiger charge is -2.17. The number of carbonyl (C=O) groups is 1. The minimum absolute atomic E-state index is 0.0597. The third-order valence-electron chi connectivity index (χ3n) is 2.99. The summed E-state index contributed by atoms with van der Waals surface area (Å²) in [7, 11) is 1.59. The van der Waals surface area contributed by atoms with Crippen molar-refractivity contribution in [1.29, 1.82) is 0 Å². The number of fused-ring (bicyclic) bond motifs is 1. The third-order valence-corrected chi connectivity index (χ3v) is 4.34. The summed E-state index contributed by atoms with van der Waals surface area (Å²) in [5.41, 5.74) is 1.83. The number of benzene rings is 1. The molecule has 0 unspecified atom stereocenters. The van der Waals surface area contributed by atoms with Crippen LogP contribution in [0.15, 0.2) is 23.1 Å². The zero-order valence-corrected chi connectivity index (χ0v) is 11.8. The molecule has 0 fully saturated rings. The molecule has 0 saturated heterocycles. The Balaban J connectivity index is 2.29. The van der Waals surface area contributed by atoms with Gasteiger partial charge in [0.25, 0.3) is 9.05 Å². The molecule has 18 heavy (non-hydrogen) atoms. The number of amides is 1. The molecular formula is C12H14ClNO3S. The molecule has 1 aromatic rings. The highest BCUT2D eigenvalue weighted by Gasteiger charge is 2.26. The second-order valence-corrected chi connectivity index (χ2v) is 7.28. The van der Waals surface area contributed by atoms with Crippen molar-refractivity contribution >= 4 is 25.6 Å². The molecule has 1 amide bonds. The van der Waals surface area contributed by atoms with Crippen molar-refractivity contribution in [3.63, 3.8) is 0 Å². The minimum atomic E-state index is -3.71. The predicted octanol–water partition coefficient (Wildman–Crippen LogP) is 2.11. The van der Waals surface area contributed by atoms with E-state index in [9.17, 15) is 13.2 Å². The smallest absolute Gasteiger partial charge is 0.261 e. The maximum atomic E-state index is 11.9. The average molecular weight is 288 g/mol. The van der Waals surface area contributed by atoms with E-state index in [4.69, 9.17) is 10.7 Å². The number of halogens is 1. The van der Waals surface area contributed by atoms with Gasteiger partial charge in [-0.05, 0) is 23.3 Å². The molecule has 0 atom stereocenters. The van der Waals surface area contributed by atoms with E-state index in [0.29, 0.717) is 13.1 Å². The molecule has 6 heteroatoms. The molecule has 1 heterocycles. The van der Waals surface area contributed by atoms with Crippen molar-refractivity contribution in [1.82, 2.24) is 4.90 Å². The van der Waals surface area contributed by atoms with Crippen molar-refractivity contribution in [3.05, 3.63) is 29.3 Å². The van der Waals surface area contributed by atoms with Crippen LogP contribution in [0.2, 0.25) is 0 Å². The zero-order valence-electron chi connectivity index (χ0n) is 10.2. The molecule has 1 aromatic carbocycles. The van der Waals surface area contributed by atoms with Gasteiger partial charge in [0.1, 0.15) is 0 Å². The van der Waals surface area contributed by atoms with Crippen molar-refractivity contribution in [3.8, 4) is 0 Å². The highest BCUT2D eigenvalue weighted by atomic mass is 35.7. The quantitative estimate of drug-likeness (QED) is 0.783. The van der Waals surface area contributed by atoms with Gasteiger partial charge in [0, 0.05) is 29.7 Å². The molecule has 1 aliphatic rings. The molecule has 0 aliphatic carbocycles. The van der Waals surface area contributed by atoms with Gasteiger partial charge in [-0.1, -0.05) is 19.9 Å². The Labute approximate surface area is 111 Å². The van der Waals surface area contributed by atoms with Gasteiger partial charge in [-0.15, -0.1) is 0 Å². The average Bonchev–Trinajstić information content (AvgIpc) is 2.68. The third kappa shape index (κ3) is 2.52. The first-order valence-corrected chi connectivity index (χ1v) is 7.95. The SMILES string of the molecule is CC(C)C(=O)N1Cc2ccc(S(=O)(=O)Cl)cc2C1. The van der Waals surface area contributed by atoms with E-state index in [0.717, 1.165) is 11.1 Å². The van der Waals surface area contributed by atoms with E-state index < -0.39 is 9.05 Å². The largest absolute Gasteiger partial charge is 0.334 e. The fourth-order valence-electron chi connectivity index (χ4n) is 2.04. The van der Waals surface area contributed by atoms with Crippen molar-refractivity contribution in [2.24, 2.45) is 5.92 Å². The number of hydrogen-bond acceptors (Lipinski definition) is 3. The molecule has 2 rings (SSSR count). The minimum Gasteiger partial charge on any atom is -0.334 e. The molecular weight excluding hydrogens is 274 g/mol. The maximum absolute atomic E-state index is 11.9. The summed E-state index contributed by atoms with van der Waals surface area (Å²) in [6, 6.07) is 4.74. The van der Waals surface area contributed by atoms with Crippen molar-refractivity contribution in [2.45, 2.75) is 31.8 Å². The fraction of sp³-hybridized carbons (Fsp3) is 0.417. The molecule has 0 N–H and O–H groups in total. The summed E-state index contributed by atoms with van der Waals surface area (Å²) in [5.74, 6) is 0.0111. The van der Waals surface area contributed by atoms with E-state index >= 15 is 0 Å². The second kappa shape index (κ2) is 4.55. The van der Waals surface area contributed by atoms with Crippen LogP contribution in [-0.4, -0.2) is 19.2 Å². The molecule has 0 aromatic heterocycles. The van der Waals surface area contributed by atoms with Crippen LogP contribution in [0.25, 0.3) is 0 Å². The Bertz CT molecular complexity index is 595. The lowest BCUT2D eigenvalue weighted by atomic mass is 10.1. The normalized spacial score (nSPS) is 15.0. The van der Waals surface area contributed by atoms with Crippen molar-refractivity contribution < 1.29 is 13.2 Å². The van der Waals surface area contributed by atoms with E-state index in [2.05, 4.69) is 0 Å². The number of nitrogens with zero attached hydrogens (tertiary/aromatic N) is 1. The van der Waals surface area contributed by atoms with Gasteiger partial charge < -0.3 is 4.90 Å². The summed E-state index contributed by atoms with van der Waals surface area (Å²) in [6.45, 7) is 4.68. The van der Waals surface area contributed by atoms with E-state index in [1.54, 1.807) is 17.0 Å². The number of rotatable bonds is 2. The predicted molar refractivity (Wildman–Crippen MR) is 68.6 cm³/mol. The monoisotopic (exact) mass is 287 g/mol. The first kappa shape index (κ1) is 13.4. The van der Waals surface area contributed by atoms with Crippen molar-refractivity contribution in [2.75, 3.05) is 0 Å². The topological polar surface area (TPSA) is 54.5 Å². The Hall–Kier alpha value is -1.07. The number of carbonyl (C=O) groups excluding carboxylic acids is 1. The zero-order chi connectivity index (χ0) is 13.5. The Morgan fingerprint density at radius 2 is 1.89 bits per heavy atom. The van der Waals surface area contributed by atoms with E-state index in [1.165, 1.54) is 6.07 Å². The molecule has 0 saturated carbocycles. The van der Waals surface area contributed by atoms with Gasteiger partial charge in [-0.3, -0.25) is 4.79 Å². The Morgan fingerprint density at radius 1 is 1.28 bits per heavy atom. The van der Waals surface area contributed by atoms with Gasteiger partial charge in [-0.2, -0.15) is 0 Å². The summed E-state index contributed by atoms with van der Waals surface area (Å²) in [6.07, 6.45) is 0. The van der Waals surface area contributed by atoms with Crippen LogP contribution < -0.4 is 0 Å². The molecule has 98 valence electrons. The Kier molecular flexibility index (Phi) is 3.38. The number of hydrogen-bond donors (Lipinski definition) is 0. The Morgan fingerprint density at radius 3 is 2.44 bits per heavy atom. The lowest BCUT2D eigenvalue weighted by molar-refractivity contribution is -0.135. The summed E-state index contributed by atoms with van der Waals surface area (Å²) >= 11 is 0. The van der Waals surface area contributed by atoms with Crippen LogP contribution in [0.3, 0.4) is 0 Å². The molecule has 0 spiro atoms. The van der Waals surface area contributed by atoms with Gasteiger partial charge in [-0.25, -0.2) is 8.42 Å². The van der Waals surface area contributed by atoms with Crippen LogP contribution in [-0.2, 0) is 26.9 Å². The lowest BCUT2D eigenvalue weighted by Crippen LogP contribution is -2.29. The molecule has 0 radical (unpaired) electrons. The van der Waals surface area contributed by atoms with Gasteiger partial charge in [0.15, 0.2) is 0 Å². The van der Waals surface area contributed by atoms with E-state index in [-0.39, 0.29) is 16.7 Å². The van der Waals surface area contributed by atoms with Crippen LogP contribution in [0.4, 0.5) is 0 Å². The summed E-state index contributed by atoms with van der Waals surface area (Å²) in [5, 5.41) is 0. The summed E-state index contributed by atoms with van der Waals surface area (Å²) in [4.78, 5) is 13.7. The van der Waals surface area contributed by atoms with Gasteiger partial charge >= 0.3 is 0 Å². The standard InChI is InChI=1S/C12H14ClNO3S/c1-8(2)12(15)14-6-9-3-4-11(18(13,16)17)5-10(9)7-14/h3-5,8H,6-7H2,1-2H3. The highest BCUT2D eigenvalue weighted by Crippen LogP contribution is 2.27. The van der Waals surface area contributed by atoms with Gasteiger partial charge in [0.2, 0.25) is 5.91 Å². The van der Waals surface area contributed by atoms with Crippen LogP contribution >= 0.6 is 10.7 Å². The maximum Gasteiger partial charge on any atom is 0.261 e.